The molecule has 18 heavy (non-hydrogen) atoms. The Balaban J connectivity index is 3.00. The van der Waals surface area contributed by atoms with Gasteiger partial charge in [0.05, 0.1) is 5.02 Å². The van der Waals surface area contributed by atoms with E-state index in [9.17, 15) is 0 Å². The molecule has 1 unspecified atom stereocenters. The summed E-state index contributed by atoms with van der Waals surface area (Å²) in [6, 6.07) is 3.61. The van der Waals surface area contributed by atoms with Gasteiger partial charge in [0.1, 0.15) is 12.4 Å². The van der Waals surface area contributed by atoms with Gasteiger partial charge in [-0.05, 0) is 43.0 Å². The van der Waals surface area contributed by atoms with Crippen LogP contribution in [0.25, 0.3) is 0 Å². The lowest BCUT2D eigenvalue weighted by Crippen LogP contribution is -2.22. The fourth-order valence-corrected chi connectivity index (χ4v) is 2.14. The minimum atomic E-state index is 0.0757. The van der Waals surface area contributed by atoms with Crippen molar-refractivity contribution in [3.8, 4) is 5.75 Å². The standard InChI is InChI=1S/C14H19Cl2NO/c1-4-12(17)6-10-5-11(15)7-13(16)14(10)18-8-9(2)3/h5,7,12H,2,4,6,8,17H2,1,3H3. The Morgan fingerprint density at radius 3 is 2.67 bits per heavy atom. The topological polar surface area (TPSA) is 35.2 Å². The predicted molar refractivity (Wildman–Crippen MR) is 78.7 cm³/mol. The van der Waals surface area contributed by atoms with Crippen molar-refractivity contribution in [1.29, 1.82) is 0 Å². The first-order valence-electron chi connectivity index (χ1n) is 5.94. The van der Waals surface area contributed by atoms with E-state index in [0.717, 1.165) is 17.6 Å². The molecular weight excluding hydrogens is 269 g/mol. The first-order valence-corrected chi connectivity index (χ1v) is 6.70. The highest BCUT2D eigenvalue weighted by Gasteiger charge is 2.13. The molecule has 0 saturated heterocycles. The zero-order valence-corrected chi connectivity index (χ0v) is 12.3. The van der Waals surface area contributed by atoms with E-state index in [-0.39, 0.29) is 6.04 Å². The van der Waals surface area contributed by atoms with Gasteiger partial charge in [0, 0.05) is 11.1 Å². The molecule has 1 aromatic rings. The van der Waals surface area contributed by atoms with Crippen molar-refractivity contribution in [3.63, 3.8) is 0 Å². The van der Waals surface area contributed by atoms with Gasteiger partial charge in [-0.25, -0.2) is 0 Å². The summed E-state index contributed by atoms with van der Waals surface area (Å²) in [6.45, 7) is 8.20. The Kier molecular flexibility index (Phi) is 6.00. The second-order valence-corrected chi connectivity index (χ2v) is 5.34. The van der Waals surface area contributed by atoms with Crippen molar-refractivity contribution in [2.45, 2.75) is 32.7 Å². The third kappa shape index (κ3) is 4.52. The molecule has 0 aliphatic heterocycles. The maximum Gasteiger partial charge on any atom is 0.141 e. The van der Waals surface area contributed by atoms with Crippen LogP contribution in [0.2, 0.25) is 10.0 Å². The Bertz CT molecular complexity index is 432. The zero-order chi connectivity index (χ0) is 13.7. The van der Waals surface area contributed by atoms with Crippen LogP contribution in [0, 0.1) is 0 Å². The molecule has 1 aromatic carbocycles. The van der Waals surface area contributed by atoms with Crippen LogP contribution in [0.4, 0.5) is 0 Å². The summed E-state index contributed by atoms with van der Waals surface area (Å²) in [5.41, 5.74) is 7.85. The van der Waals surface area contributed by atoms with Crippen LogP contribution in [0.3, 0.4) is 0 Å². The van der Waals surface area contributed by atoms with Gasteiger partial charge in [-0.15, -0.1) is 0 Å². The largest absolute Gasteiger partial charge is 0.487 e. The Morgan fingerprint density at radius 1 is 1.44 bits per heavy atom. The fraction of sp³-hybridized carbons (Fsp3) is 0.429. The molecular formula is C14H19Cl2NO. The second kappa shape index (κ2) is 7.03. The van der Waals surface area contributed by atoms with E-state index >= 15 is 0 Å². The lowest BCUT2D eigenvalue weighted by molar-refractivity contribution is 0.348. The number of rotatable bonds is 6. The monoisotopic (exact) mass is 287 g/mol. The minimum Gasteiger partial charge on any atom is -0.487 e. The molecule has 100 valence electrons. The highest BCUT2D eigenvalue weighted by Crippen LogP contribution is 2.33. The van der Waals surface area contributed by atoms with Crippen LogP contribution in [-0.4, -0.2) is 12.6 Å². The van der Waals surface area contributed by atoms with E-state index in [1.54, 1.807) is 6.07 Å². The molecule has 0 heterocycles. The van der Waals surface area contributed by atoms with Crippen LogP contribution < -0.4 is 10.5 Å². The van der Waals surface area contributed by atoms with E-state index in [1.807, 2.05) is 19.9 Å². The number of nitrogens with two attached hydrogens (primary N) is 1. The van der Waals surface area contributed by atoms with Gasteiger partial charge in [0.25, 0.3) is 0 Å². The third-order valence-electron chi connectivity index (χ3n) is 2.55. The summed E-state index contributed by atoms with van der Waals surface area (Å²) in [6.07, 6.45) is 1.59. The highest BCUT2D eigenvalue weighted by atomic mass is 35.5. The average molecular weight is 288 g/mol. The Labute approximate surface area is 119 Å². The first kappa shape index (κ1) is 15.4. The zero-order valence-electron chi connectivity index (χ0n) is 10.8. The van der Waals surface area contributed by atoms with Gasteiger partial charge in [-0.2, -0.15) is 0 Å². The summed E-state index contributed by atoms with van der Waals surface area (Å²) in [7, 11) is 0. The minimum absolute atomic E-state index is 0.0757. The van der Waals surface area contributed by atoms with E-state index in [4.69, 9.17) is 33.7 Å². The lowest BCUT2D eigenvalue weighted by atomic mass is 10.0. The van der Waals surface area contributed by atoms with Gasteiger partial charge >= 0.3 is 0 Å². The average Bonchev–Trinajstić information content (AvgIpc) is 2.27. The maximum absolute atomic E-state index is 6.16. The van der Waals surface area contributed by atoms with Gasteiger partial charge in [0.2, 0.25) is 0 Å². The Hall–Kier alpha value is -0.700. The molecule has 0 spiro atoms. The van der Waals surface area contributed by atoms with Crippen LogP contribution in [0.15, 0.2) is 24.3 Å². The summed E-state index contributed by atoms with van der Waals surface area (Å²) in [4.78, 5) is 0. The molecule has 1 atom stereocenters. The van der Waals surface area contributed by atoms with Gasteiger partial charge in [0.15, 0.2) is 0 Å². The molecule has 0 aromatic heterocycles. The molecule has 4 heteroatoms. The van der Waals surface area contributed by atoms with Crippen molar-refractivity contribution < 1.29 is 4.74 Å². The van der Waals surface area contributed by atoms with E-state index in [2.05, 4.69) is 6.58 Å². The van der Waals surface area contributed by atoms with Crippen molar-refractivity contribution in [1.82, 2.24) is 0 Å². The third-order valence-corrected chi connectivity index (χ3v) is 3.05. The van der Waals surface area contributed by atoms with Crippen molar-refractivity contribution in [2.24, 2.45) is 5.73 Å². The maximum atomic E-state index is 6.16. The molecule has 0 bridgehead atoms. The van der Waals surface area contributed by atoms with Crippen molar-refractivity contribution in [2.75, 3.05) is 6.61 Å². The quantitative estimate of drug-likeness (QED) is 0.795. The highest BCUT2D eigenvalue weighted by molar-refractivity contribution is 6.35. The van der Waals surface area contributed by atoms with Crippen molar-refractivity contribution in [3.05, 3.63) is 39.9 Å². The molecule has 2 N–H and O–H groups in total. The number of halogens is 2. The summed E-state index contributed by atoms with van der Waals surface area (Å²) in [5.74, 6) is 0.660. The van der Waals surface area contributed by atoms with Crippen LogP contribution in [0.1, 0.15) is 25.8 Å². The van der Waals surface area contributed by atoms with E-state index in [0.29, 0.717) is 28.8 Å². The van der Waals surface area contributed by atoms with E-state index in [1.165, 1.54) is 0 Å². The van der Waals surface area contributed by atoms with Crippen LogP contribution in [-0.2, 0) is 6.42 Å². The number of ether oxygens (including phenoxy) is 1. The lowest BCUT2D eigenvalue weighted by Gasteiger charge is -2.16. The first-order chi connectivity index (χ1) is 8.43. The van der Waals surface area contributed by atoms with Gasteiger partial charge in [-0.1, -0.05) is 36.7 Å². The molecule has 0 aliphatic carbocycles. The SMILES string of the molecule is C=C(C)COc1c(Cl)cc(Cl)cc1CC(N)CC. The van der Waals surface area contributed by atoms with Gasteiger partial charge in [-0.3, -0.25) is 0 Å². The smallest absolute Gasteiger partial charge is 0.141 e. The molecule has 0 aliphatic rings. The number of benzene rings is 1. The van der Waals surface area contributed by atoms with Gasteiger partial charge < -0.3 is 10.5 Å². The predicted octanol–water partition coefficient (Wildman–Crippen LogP) is 4.23. The van der Waals surface area contributed by atoms with Crippen LogP contribution >= 0.6 is 23.2 Å². The number of hydrogen-bond acceptors (Lipinski definition) is 2. The Morgan fingerprint density at radius 2 is 2.11 bits per heavy atom. The molecule has 0 fully saturated rings. The second-order valence-electron chi connectivity index (χ2n) is 4.49. The van der Waals surface area contributed by atoms with Crippen molar-refractivity contribution >= 4 is 23.2 Å². The summed E-state index contributed by atoms with van der Waals surface area (Å²) < 4.78 is 5.68. The number of hydrogen-bond donors (Lipinski definition) is 1. The molecule has 0 amide bonds. The molecule has 2 nitrogen and oxygen atoms in total. The van der Waals surface area contributed by atoms with E-state index < -0.39 is 0 Å². The summed E-state index contributed by atoms with van der Waals surface area (Å²) in [5, 5.41) is 1.11. The molecule has 0 radical (unpaired) electrons. The fourth-order valence-electron chi connectivity index (χ4n) is 1.55. The normalized spacial score (nSPS) is 12.3. The van der Waals surface area contributed by atoms with Crippen LogP contribution in [0.5, 0.6) is 5.75 Å². The molecule has 0 saturated carbocycles. The summed E-state index contributed by atoms with van der Waals surface area (Å²) >= 11 is 12.2. The molecule has 1 rings (SSSR count).